The molecule has 0 radical (unpaired) electrons. The van der Waals surface area contributed by atoms with E-state index in [1.807, 2.05) is 6.92 Å². The van der Waals surface area contributed by atoms with Crippen LogP contribution in [0.4, 0.5) is 10.5 Å². The van der Waals surface area contributed by atoms with Gasteiger partial charge in [-0.1, -0.05) is 0 Å². The number of carbonyl (C=O) groups excluding carboxylic acids is 1. The Hall–Kier alpha value is -2.15. The maximum absolute atomic E-state index is 12.0. The molecule has 0 aliphatic carbocycles. The van der Waals surface area contributed by atoms with Gasteiger partial charge in [0.1, 0.15) is 0 Å². The van der Waals surface area contributed by atoms with E-state index in [0.717, 1.165) is 12.8 Å². The van der Waals surface area contributed by atoms with Crippen molar-refractivity contribution in [3.63, 3.8) is 0 Å². The molecule has 1 fully saturated rings. The van der Waals surface area contributed by atoms with Crippen molar-refractivity contribution in [2.24, 2.45) is 0 Å². The minimum absolute atomic E-state index is 0.134. The van der Waals surface area contributed by atoms with E-state index in [0.29, 0.717) is 24.6 Å². The third-order valence-electron chi connectivity index (χ3n) is 3.43. The fourth-order valence-corrected chi connectivity index (χ4v) is 2.14. The van der Waals surface area contributed by atoms with Gasteiger partial charge in [-0.3, -0.25) is 9.78 Å². The molecular formula is C14H19N3O4. The summed E-state index contributed by atoms with van der Waals surface area (Å²) in [5.41, 5.74) is 0.709. The molecule has 21 heavy (non-hydrogen) atoms. The van der Waals surface area contributed by atoms with E-state index in [2.05, 4.69) is 15.6 Å². The number of anilines is 1. The van der Waals surface area contributed by atoms with Gasteiger partial charge in [-0.05, 0) is 31.9 Å². The van der Waals surface area contributed by atoms with Crippen LogP contribution in [0.2, 0.25) is 0 Å². The van der Waals surface area contributed by atoms with Gasteiger partial charge in [0.25, 0.3) is 0 Å². The van der Waals surface area contributed by atoms with E-state index in [-0.39, 0.29) is 18.0 Å². The molecule has 114 valence electrons. The monoisotopic (exact) mass is 293 g/mol. The molecule has 0 unspecified atom stereocenters. The number of urea groups is 1. The maximum Gasteiger partial charge on any atom is 0.319 e. The first kappa shape index (κ1) is 15.2. The van der Waals surface area contributed by atoms with Gasteiger partial charge in [0.2, 0.25) is 0 Å². The summed E-state index contributed by atoms with van der Waals surface area (Å²) in [5, 5.41) is 14.3. The highest BCUT2D eigenvalue weighted by Gasteiger charge is 2.28. The lowest BCUT2D eigenvalue weighted by Crippen LogP contribution is -2.51. The van der Waals surface area contributed by atoms with E-state index in [4.69, 9.17) is 9.84 Å². The van der Waals surface area contributed by atoms with Gasteiger partial charge in [0, 0.05) is 18.8 Å². The Balaban J connectivity index is 1.88. The number of pyridine rings is 1. The second kappa shape index (κ2) is 6.53. The molecule has 0 atom stereocenters. The fourth-order valence-electron chi connectivity index (χ4n) is 2.14. The van der Waals surface area contributed by atoms with Gasteiger partial charge in [0.05, 0.1) is 24.0 Å². The highest BCUT2D eigenvalue weighted by atomic mass is 16.5. The summed E-state index contributed by atoms with van der Waals surface area (Å²) in [7, 11) is 0. The zero-order chi connectivity index (χ0) is 15.3. The summed E-state index contributed by atoms with van der Waals surface area (Å²) in [4.78, 5) is 26.5. The average molecular weight is 293 g/mol. The number of rotatable bonds is 4. The molecule has 2 rings (SSSR count). The Morgan fingerprint density at radius 2 is 2.10 bits per heavy atom. The molecule has 0 bridgehead atoms. The van der Waals surface area contributed by atoms with Gasteiger partial charge >= 0.3 is 12.0 Å². The summed E-state index contributed by atoms with van der Waals surface area (Å²) >= 11 is 0. The SMILES string of the molecule is CC1(NC(=O)Nc2ccc(CC(=O)O)nc2)CCOCC1. The van der Waals surface area contributed by atoms with Crippen molar-refractivity contribution in [1.29, 1.82) is 0 Å². The Morgan fingerprint density at radius 3 is 2.67 bits per heavy atom. The molecule has 2 heterocycles. The molecule has 1 aliphatic heterocycles. The van der Waals surface area contributed by atoms with Crippen LogP contribution in [-0.4, -0.2) is 40.8 Å². The number of amides is 2. The molecule has 3 N–H and O–H groups in total. The van der Waals surface area contributed by atoms with Gasteiger partial charge < -0.3 is 20.5 Å². The summed E-state index contributed by atoms with van der Waals surface area (Å²) in [6.45, 7) is 3.27. The van der Waals surface area contributed by atoms with Crippen molar-refractivity contribution in [2.75, 3.05) is 18.5 Å². The summed E-state index contributed by atoms with van der Waals surface area (Å²) in [6.07, 6.45) is 2.86. The Labute approximate surface area is 122 Å². The minimum atomic E-state index is -0.937. The first-order valence-electron chi connectivity index (χ1n) is 6.80. The Kier molecular flexibility index (Phi) is 4.74. The van der Waals surface area contributed by atoms with Crippen molar-refractivity contribution in [3.05, 3.63) is 24.0 Å². The van der Waals surface area contributed by atoms with Gasteiger partial charge in [-0.2, -0.15) is 0 Å². The average Bonchev–Trinajstić information content (AvgIpc) is 2.40. The van der Waals surface area contributed by atoms with Crippen LogP contribution in [0.15, 0.2) is 18.3 Å². The number of hydrogen-bond donors (Lipinski definition) is 3. The largest absolute Gasteiger partial charge is 0.481 e. The Bertz CT molecular complexity index is 509. The predicted octanol–water partition coefficient (Wildman–Crippen LogP) is 1.40. The molecule has 7 nitrogen and oxygen atoms in total. The fraction of sp³-hybridized carbons (Fsp3) is 0.500. The van der Waals surface area contributed by atoms with Crippen LogP contribution < -0.4 is 10.6 Å². The lowest BCUT2D eigenvalue weighted by Gasteiger charge is -2.34. The van der Waals surface area contributed by atoms with E-state index < -0.39 is 5.97 Å². The third-order valence-corrected chi connectivity index (χ3v) is 3.43. The lowest BCUT2D eigenvalue weighted by atomic mass is 9.93. The summed E-state index contributed by atoms with van der Waals surface area (Å²) in [6, 6.07) is 2.92. The number of nitrogens with zero attached hydrogens (tertiary/aromatic N) is 1. The molecule has 7 heteroatoms. The highest BCUT2D eigenvalue weighted by molar-refractivity contribution is 5.89. The van der Waals surface area contributed by atoms with E-state index >= 15 is 0 Å². The van der Waals surface area contributed by atoms with Crippen LogP contribution in [0.1, 0.15) is 25.5 Å². The molecule has 1 saturated heterocycles. The predicted molar refractivity (Wildman–Crippen MR) is 76.2 cm³/mol. The number of aliphatic carboxylic acids is 1. The third kappa shape index (κ3) is 4.71. The van der Waals surface area contributed by atoms with E-state index in [9.17, 15) is 9.59 Å². The molecule has 1 aliphatic rings. The zero-order valence-electron chi connectivity index (χ0n) is 11.9. The number of carboxylic acid groups (broad SMARTS) is 1. The second-order valence-corrected chi connectivity index (χ2v) is 5.36. The summed E-state index contributed by atoms with van der Waals surface area (Å²) in [5.74, 6) is -0.937. The number of aromatic nitrogens is 1. The van der Waals surface area contributed by atoms with Crippen molar-refractivity contribution >= 4 is 17.7 Å². The maximum atomic E-state index is 12.0. The van der Waals surface area contributed by atoms with Gasteiger partial charge in [-0.15, -0.1) is 0 Å². The highest BCUT2D eigenvalue weighted by Crippen LogP contribution is 2.19. The number of carboxylic acids is 1. The quantitative estimate of drug-likeness (QED) is 0.779. The smallest absolute Gasteiger partial charge is 0.319 e. The summed E-state index contributed by atoms with van der Waals surface area (Å²) < 4.78 is 5.28. The standard InChI is InChI=1S/C14H19N3O4/c1-14(4-6-21-7-5-14)17-13(20)16-11-3-2-10(15-9-11)8-12(18)19/h2-3,9H,4-8H2,1H3,(H,18,19)(H2,16,17,20). The normalized spacial score (nSPS) is 17.0. The number of carbonyl (C=O) groups is 2. The lowest BCUT2D eigenvalue weighted by molar-refractivity contribution is -0.136. The van der Waals surface area contributed by atoms with Crippen molar-refractivity contribution in [3.8, 4) is 0 Å². The zero-order valence-corrected chi connectivity index (χ0v) is 11.9. The van der Waals surface area contributed by atoms with Crippen molar-refractivity contribution in [1.82, 2.24) is 10.3 Å². The van der Waals surface area contributed by atoms with Crippen LogP contribution in [-0.2, 0) is 16.0 Å². The molecule has 0 saturated carbocycles. The molecule has 1 aromatic heterocycles. The van der Waals surface area contributed by atoms with Crippen molar-refractivity contribution < 1.29 is 19.4 Å². The van der Waals surface area contributed by atoms with Crippen LogP contribution >= 0.6 is 0 Å². The molecule has 1 aromatic rings. The first-order chi connectivity index (χ1) is 9.97. The van der Waals surface area contributed by atoms with Gasteiger partial charge in [-0.25, -0.2) is 4.79 Å². The van der Waals surface area contributed by atoms with Crippen LogP contribution in [0.25, 0.3) is 0 Å². The number of ether oxygens (including phenoxy) is 1. The van der Waals surface area contributed by atoms with Crippen LogP contribution in [0.5, 0.6) is 0 Å². The Morgan fingerprint density at radius 1 is 1.38 bits per heavy atom. The molecular weight excluding hydrogens is 274 g/mol. The number of nitrogens with one attached hydrogen (secondary N) is 2. The van der Waals surface area contributed by atoms with Crippen LogP contribution in [0.3, 0.4) is 0 Å². The topological polar surface area (TPSA) is 101 Å². The molecule has 2 amide bonds. The minimum Gasteiger partial charge on any atom is -0.481 e. The second-order valence-electron chi connectivity index (χ2n) is 5.36. The molecule has 0 aromatic carbocycles. The number of hydrogen-bond acceptors (Lipinski definition) is 4. The van der Waals surface area contributed by atoms with E-state index in [1.54, 1.807) is 12.1 Å². The van der Waals surface area contributed by atoms with E-state index in [1.165, 1.54) is 6.20 Å². The molecule has 0 spiro atoms. The first-order valence-corrected chi connectivity index (χ1v) is 6.80. The van der Waals surface area contributed by atoms with Gasteiger partial charge in [0.15, 0.2) is 0 Å². The van der Waals surface area contributed by atoms with Crippen LogP contribution in [0, 0.1) is 0 Å². The van der Waals surface area contributed by atoms with Crippen molar-refractivity contribution in [2.45, 2.75) is 31.7 Å².